The molecule has 0 spiro atoms. The number of fused-ring (bicyclic) bond motifs is 1. The summed E-state index contributed by atoms with van der Waals surface area (Å²) in [7, 11) is 0. The van der Waals surface area contributed by atoms with Crippen LogP contribution in [-0.2, 0) is 12.8 Å². The van der Waals surface area contributed by atoms with Crippen molar-refractivity contribution >= 4 is 0 Å². The molecule has 1 aliphatic rings. The van der Waals surface area contributed by atoms with E-state index in [4.69, 9.17) is 4.42 Å². The third-order valence-electron chi connectivity index (χ3n) is 2.44. The minimum Gasteiger partial charge on any atom is -0.469 e. The van der Waals surface area contributed by atoms with Crippen LogP contribution in [0.25, 0.3) is 0 Å². The zero-order valence-electron chi connectivity index (χ0n) is 6.81. The van der Waals surface area contributed by atoms with Crippen LogP contribution < -0.4 is 0 Å². The van der Waals surface area contributed by atoms with E-state index in [1.165, 1.54) is 43.4 Å². The van der Waals surface area contributed by atoms with Crippen molar-refractivity contribution in [3.63, 3.8) is 0 Å². The molecule has 0 atom stereocenters. The number of hydrogen-bond donors (Lipinski definition) is 0. The summed E-state index contributed by atoms with van der Waals surface area (Å²) < 4.78 is 5.39. The Kier molecular flexibility index (Phi) is 1.97. The Hall–Kier alpha value is -0.720. The highest BCUT2D eigenvalue weighted by Crippen LogP contribution is 2.20. The summed E-state index contributed by atoms with van der Waals surface area (Å²) in [6.45, 7) is 0. The van der Waals surface area contributed by atoms with Crippen molar-refractivity contribution in [2.24, 2.45) is 0 Å². The van der Waals surface area contributed by atoms with Crippen molar-refractivity contribution in [3.05, 3.63) is 23.7 Å². The number of aryl methyl sites for hydroxylation is 2. The van der Waals surface area contributed by atoms with Gasteiger partial charge in [0.25, 0.3) is 0 Å². The summed E-state index contributed by atoms with van der Waals surface area (Å²) in [6, 6.07) is 2.13. The van der Waals surface area contributed by atoms with Crippen LogP contribution in [-0.4, -0.2) is 0 Å². The van der Waals surface area contributed by atoms with E-state index in [2.05, 4.69) is 6.07 Å². The first kappa shape index (κ1) is 6.96. The fourth-order valence-corrected chi connectivity index (χ4v) is 1.76. The molecular weight excluding hydrogens is 136 g/mol. The standard InChI is InChI=1S/C10H14O/c1-2-4-6-10-9(5-3-1)7-8-11-10/h7-8H,1-6H2. The number of rotatable bonds is 0. The van der Waals surface area contributed by atoms with E-state index < -0.39 is 0 Å². The van der Waals surface area contributed by atoms with Gasteiger partial charge in [-0.2, -0.15) is 0 Å². The SMILES string of the molecule is c1cc2c(o1)CCCCCC2. The molecule has 1 nitrogen and oxygen atoms in total. The fourth-order valence-electron chi connectivity index (χ4n) is 1.76. The topological polar surface area (TPSA) is 13.1 Å². The lowest BCUT2D eigenvalue weighted by Gasteiger charge is -2.06. The Morgan fingerprint density at radius 3 is 2.73 bits per heavy atom. The van der Waals surface area contributed by atoms with Crippen molar-refractivity contribution < 1.29 is 4.42 Å². The predicted molar refractivity (Wildman–Crippen MR) is 44.6 cm³/mol. The zero-order valence-corrected chi connectivity index (χ0v) is 6.81. The van der Waals surface area contributed by atoms with Gasteiger partial charge in [-0.1, -0.05) is 12.8 Å². The molecule has 0 saturated heterocycles. The summed E-state index contributed by atoms with van der Waals surface area (Å²) in [4.78, 5) is 0. The van der Waals surface area contributed by atoms with Crippen LogP contribution in [0.2, 0.25) is 0 Å². The molecule has 11 heavy (non-hydrogen) atoms. The lowest BCUT2D eigenvalue weighted by Crippen LogP contribution is -1.95. The predicted octanol–water partition coefficient (Wildman–Crippen LogP) is 2.94. The largest absolute Gasteiger partial charge is 0.469 e. The van der Waals surface area contributed by atoms with Crippen LogP contribution in [0.15, 0.2) is 16.7 Å². The fraction of sp³-hybridized carbons (Fsp3) is 0.600. The quantitative estimate of drug-likeness (QED) is 0.554. The van der Waals surface area contributed by atoms with Gasteiger partial charge in [0.15, 0.2) is 0 Å². The Balaban J connectivity index is 2.18. The maximum Gasteiger partial charge on any atom is 0.106 e. The van der Waals surface area contributed by atoms with Crippen LogP contribution >= 0.6 is 0 Å². The first-order chi connectivity index (χ1) is 5.47. The molecular formula is C10H14O. The highest BCUT2D eigenvalue weighted by atomic mass is 16.3. The van der Waals surface area contributed by atoms with Crippen molar-refractivity contribution in [3.8, 4) is 0 Å². The highest BCUT2D eigenvalue weighted by molar-refractivity contribution is 5.17. The Labute approximate surface area is 67.4 Å². The molecule has 0 fully saturated rings. The van der Waals surface area contributed by atoms with E-state index in [1.807, 2.05) is 6.26 Å². The van der Waals surface area contributed by atoms with Gasteiger partial charge in [-0.3, -0.25) is 0 Å². The second-order valence-corrected chi connectivity index (χ2v) is 3.28. The van der Waals surface area contributed by atoms with Gasteiger partial charge in [0, 0.05) is 6.42 Å². The summed E-state index contributed by atoms with van der Waals surface area (Å²) >= 11 is 0. The highest BCUT2D eigenvalue weighted by Gasteiger charge is 2.08. The van der Waals surface area contributed by atoms with Gasteiger partial charge in [-0.15, -0.1) is 0 Å². The van der Waals surface area contributed by atoms with Crippen LogP contribution in [0, 0.1) is 0 Å². The molecule has 1 aromatic heterocycles. The summed E-state index contributed by atoms with van der Waals surface area (Å²) in [6.07, 6.45) is 9.63. The normalized spacial score (nSPS) is 18.5. The molecule has 0 bridgehead atoms. The molecule has 1 heterocycles. The van der Waals surface area contributed by atoms with E-state index in [1.54, 1.807) is 0 Å². The monoisotopic (exact) mass is 150 g/mol. The second-order valence-electron chi connectivity index (χ2n) is 3.28. The smallest absolute Gasteiger partial charge is 0.106 e. The second kappa shape index (κ2) is 3.12. The lowest BCUT2D eigenvalue weighted by atomic mass is 10.00. The average molecular weight is 150 g/mol. The van der Waals surface area contributed by atoms with Gasteiger partial charge >= 0.3 is 0 Å². The van der Waals surface area contributed by atoms with Gasteiger partial charge in [-0.25, -0.2) is 0 Å². The van der Waals surface area contributed by atoms with E-state index >= 15 is 0 Å². The maximum atomic E-state index is 5.39. The Morgan fingerprint density at radius 2 is 1.82 bits per heavy atom. The van der Waals surface area contributed by atoms with E-state index in [-0.39, 0.29) is 0 Å². The Bertz CT molecular complexity index is 202. The average Bonchev–Trinajstić information content (AvgIpc) is 2.35. The van der Waals surface area contributed by atoms with Gasteiger partial charge in [0.05, 0.1) is 6.26 Å². The zero-order chi connectivity index (χ0) is 7.52. The molecule has 0 unspecified atom stereocenters. The van der Waals surface area contributed by atoms with Crippen molar-refractivity contribution in [2.75, 3.05) is 0 Å². The Morgan fingerprint density at radius 1 is 1.00 bits per heavy atom. The van der Waals surface area contributed by atoms with Gasteiger partial charge in [0.1, 0.15) is 5.76 Å². The first-order valence-electron chi connectivity index (χ1n) is 4.52. The third kappa shape index (κ3) is 1.47. The van der Waals surface area contributed by atoms with Gasteiger partial charge in [0.2, 0.25) is 0 Å². The van der Waals surface area contributed by atoms with E-state index in [0.29, 0.717) is 0 Å². The summed E-state index contributed by atoms with van der Waals surface area (Å²) in [5.74, 6) is 1.24. The summed E-state index contributed by atoms with van der Waals surface area (Å²) in [5.41, 5.74) is 1.45. The van der Waals surface area contributed by atoms with Crippen molar-refractivity contribution in [1.82, 2.24) is 0 Å². The molecule has 2 rings (SSSR count). The minimum absolute atomic E-state index is 1.16. The third-order valence-corrected chi connectivity index (χ3v) is 2.44. The molecule has 0 amide bonds. The molecule has 1 aliphatic carbocycles. The molecule has 0 aliphatic heterocycles. The minimum atomic E-state index is 1.16. The maximum absolute atomic E-state index is 5.39. The molecule has 0 aromatic carbocycles. The van der Waals surface area contributed by atoms with Gasteiger partial charge < -0.3 is 4.42 Å². The summed E-state index contributed by atoms with van der Waals surface area (Å²) in [5, 5.41) is 0. The molecule has 1 aromatic rings. The van der Waals surface area contributed by atoms with Crippen LogP contribution in [0.4, 0.5) is 0 Å². The molecule has 0 radical (unpaired) electrons. The van der Waals surface area contributed by atoms with Crippen LogP contribution in [0.1, 0.15) is 37.0 Å². The molecule has 0 saturated carbocycles. The van der Waals surface area contributed by atoms with E-state index in [0.717, 1.165) is 6.42 Å². The number of furan rings is 1. The van der Waals surface area contributed by atoms with Crippen molar-refractivity contribution in [1.29, 1.82) is 0 Å². The molecule has 1 heteroatoms. The van der Waals surface area contributed by atoms with Crippen molar-refractivity contribution in [2.45, 2.75) is 38.5 Å². The number of hydrogen-bond acceptors (Lipinski definition) is 1. The first-order valence-corrected chi connectivity index (χ1v) is 4.52. The molecule has 0 N–H and O–H groups in total. The molecule has 60 valence electrons. The lowest BCUT2D eigenvalue weighted by molar-refractivity contribution is 0.478. The van der Waals surface area contributed by atoms with Gasteiger partial charge in [-0.05, 0) is 30.9 Å². The van der Waals surface area contributed by atoms with Crippen LogP contribution in [0.5, 0.6) is 0 Å². The van der Waals surface area contributed by atoms with Crippen LogP contribution in [0.3, 0.4) is 0 Å². The van der Waals surface area contributed by atoms with E-state index in [9.17, 15) is 0 Å².